The molecule has 1 atom stereocenters. The molecule has 1 unspecified atom stereocenters. The minimum Gasteiger partial charge on any atom is -0.324 e. The fourth-order valence-corrected chi connectivity index (χ4v) is 2.76. The average molecular weight is 236 g/mol. The summed E-state index contributed by atoms with van der Waals surface area (Å²) in [4.78, 5) is 3.78. The predicted octanol–water partition coefficient (Wildman–Crippen LogP) is 3.58. The normalized spacial score (nSPS) is 20.6. The van der Waals surface area contributed by atoms with Crippen molar-refractivity contribution in [2.24, 2.45) is 11.7 Å². The van der Waals surface area contributed by atoms with E-state index in [4.69, 9.17) is 5.73 Å². The van der Waals surface area contributed by atoms with Gasteiger partial charge in [0.1, 0.15) is 5.82 Å². The minimum absolute atomic E-state index is 0.170. The van der Waals surface area contributed by atoms with Gasteiger partial charge < -0.3 is 5.73 Å². The molecule has 0 bridgehead atoms. The maximum atomic E-state index is 13.6. The third-order valence-corrected chi connectivity index (χ3v) is 3.82. The Labute approximate surface area is 102 Å². The monoisotopic (exact) mass is 236 g/mol. The van der Waals surface area contributed by atoms with Crippen LogP contribution in [0.4, 0.5) is 4.39 Å². The molecule has 1 heterocycles. The second kappa shape index (κ2) is 6.10. The van der Waals surface area contributed by atoms with Crippen LogP contribution in [0.3, 0.4) is 0 Å². The Balaban J connectivity index is 2.07. The van der Waals surface area contributed by atoms with Gasteiger partial charge in [0.2, 0.25) is 0 Å². The van der Waals surface area contributed by atoms with E-state index in [1.54, 1.807) is 12.3 Å². The summed E-state index contributed by atoms with van der Waals surface area (Å²) in [5.41, 5.74) is 6.85. The molecule has 94 valence electrons. The van der Waals surface area contributed by atoms with Gasteiger partial charge in [-0.25, -0.2) is 4.39 Å². The summed E-state index contributed by atoms with van der Waals surface area (Å²) in [5.74, 6) is 0.161. The predicted molar refractivity (Wildman–Crippen MR) is 66.9 cm³/mol. The lowest BCUT2D eigenvalue weighted by atomic mass is 9.83. The topological polar surface area (TPSA) is 38.9 Å². The standard InChI is InChI=1S/C14H21FN2/c15-13-10-17-9-8-12(13)14(16)11-6-4-2-1-3-5-7-11/h8-11,14H,1-7,16H2. The van der Waals surface area contributed by atoms with Gasteiger partial charge in [-0.3, -0.25) is 4.98 Å². The lowest BCUT2D eigenvalue weighted by Crippen LogP contribution is -2.23. The van der Waals surface area contributed by atoms with Gasteiger partial charge in [-0.2, -0.15) is 0 Å². The Kier molecular flexibility index (Phi) is 4.49. The molecule has 0 aromatic carbocycles. The van der Waals surface area contributed by atoms with Crippen LogP contribution in [0.25, 0.3) is 0 Å². The molecule has 1 aliphatic carbocycles. The van der Waals surface area contributed by atoms with Crippen molar-refractivity contribution in [1.82, 2.24) is 4.98 Å². The fourth-order valence-electron chi connectivity index (χ4n) is 2.76. The first-order chi connectivity index (χ1) is 8.29. The summed E-state index contributed by atoms with van der Waals surface area (Å²) in [6, 6.07) is 1.55. The van der Waals surface area contributed by atoms with Gasteiger partial charge in [0.05, 0.1) is 6.20 Å². The molecule has 17 heavy (non-hydrogen) atoms. The van der Waals surface area contributed by atoms with Gasteiger partial charge in [-0.15, -0.1) is 0 Å². The Morgan fingerprint density at radius 2 is 1.82 bits per heavy atom. The first kappa shape index (κ1) is 12.5. The number of nitrogens with zero attached hydrogens (tertiary/aromatic N) is 1. The van der Waals surface area contributed by atoms with Gasteiger partial charge in [-0.05, 0) is 24.8 Å². The number of hydrogen-bond acceptors (Lipinski definition) is 2. The maximum absolute atomic E-state index is 13.6. The quantitative estimate of drug-likeness (QED) is 0.852. The summed E-state index contributed by atoms with van der Waals surface area (Å²) >= 11 is 0. The zero-order chi connectivity index (χ0) is 12.1. The van der Waals surface area contributed by atoms with Gasteiger partial charge in [0.25, 0.3) is 0 Å². The van der Waals surface area contributed by atoms with Gasteiger partial charge in [0, 0.05) is 17.8 Å². The van der Waals surface area contributed by atoms with E-state index < -0.39 is 0 Å². The smallest absolute Gasteiger partial charge is 0.146 e. The van der Waals surface area contributed by atoms with E-state index in [-0.39, 0.29) is 11.9 Å². The number of pyridine rings is 1. The molecule has 2 rings (SSSR count). The van der Waals surface area contributed by atoms with Crippen LogP contribution < -0.4 is 5.73 Å². The van der Waals surface area contributed by atoms with Crippen LogP contribution in [0.15, 0.2) is 18.5 Å². The van der Waals surface area contributed by atoms with E-state index in [1.165, 1.54) is 38.3 Å². The van der Waals surface area contributed by atoms with Gasteiger partial charge in [0.15, 0.2) is 0 Å². The van der Waals surface area contributed by atoms with Crippen LogP contribution >= 0.6 is 0 Å². The van der Waals surface area contributed by atoms with Crippen molar-refractivity contribution in [3.63, 3.8) is 0 Å². The van der Waals surface area contributed by atoms with Crippen LogP contribution in [-0.4, -0.2) is 4.98 Å². The average Bonchev–Trinajstić information content (AvgIpc) is 2.28. The number of rotatable bonds is 2. The lowest BCUT2D eigenvalue weighted by molar-refractivity contribution is 0.322. The molecule has 0 amide bonds. The third-order valence-electron chi connectivity index (χ3n) is 3.82. The van der Waals surface area contributed by atoms with Crippen molar-refractivity contribution in [2.45, 2.75) is 51.0 Å². The minimum atomic E-state index is -0.262. The van der Waals surface area contributed by atoms with Crippen molar-refractivity contribution >= 4 is 0 Å². The first-order valence-corrected chi connectivity index (χ1v) is 6.64. The zero-order valence-corrected chi connectivity index (χ0v) is 10.2. The molecule has 0 radical (unpaired) electrons. The molecule has 0 spiro atoms. The van der Waals surface area contributed by atoms with E-state index in [0.29, 0.717) is 11.5 Å². The SMILES string of the molecule is NC(c1ccncc1F)C1CCCCCCC1. The molecule has 0 aliphatic heterocycles. The van der Waals surface area contributed by atoms with Crippen molar-refractivity contribution < 1.29 is 4.39 Å². The molecule has 0 saturated heterocycles. The molecule has 1 aromatic rings. The highest BCUT2D eigenvalue weighted by Gasteiger charge is 2.22. The highest BCUT2D eigenvalue weighted by Crippen LogP contribution is 2.31. The lowest BCUT2D eigenvalue weighted by Gasteiger charge is -2.26. The Morgan fingerprint density at radius 3 is 2.47 bits per heavy atom. The summed E-state index contributed by atoms with van der Waals surface area (Å²) in [6.45, 7) is 0. The van der Waals surface area contributed by atoms with Crippen molar-refractivity contribution in [1.29, 1.82) is 0 Å². The van der Waals surface area contributed by atoms with E-state index in [1.807, 2.05) is 0 Å². The van der Waals surface area contributed by atoms with E-state index >= 15 is 0 Å². The Bertz CT molecular complexity index is 346. The molecule has 1 aliphatic rings. The third kappa shape index (κ3) is 3.25. The summed E-state index contributed by atoms with van der Waals surface area (Å²) in [5, 5.41) is 0. The molecule has 1 fully saturated rings. The van der Waals surface area contributed by atoms with E-state index in [0.717, 1.165) is 12.8 Å². The molecule has 1 aromatic heterocycles. The Hall–Kier alpha value is -0.960. The van der Waals surface area contributed by atoms with Crippen molar-refractivity contribution in [3.05, 3.63) is 29.8 Å². The van der Waals surface area contributed by atoms with Gasteiger partial charge >= 0.3 is 0 Å². The van der Waals surface area contributed by atoms with Crippen LogP contribution in [0.1, 0.15) is 56.6 Å². The fraction of sp³-hybridized carbons (Fsp3) is 0.643. The molecular formula is C14H21FN2. The highest BCUT2D eigenvalue weighted by atomic mass is 19.1. The summed E-state index contributed by atoms with van der Waals surface area (Å²) in [7, 11) is 0. The van der Waals surface area contributed by atoms with Crippen LogP contribution in [0, 0.1) is 11.7 Å². The van der Waals surface area contributed by atoms with Crippen molar-refractivity contribution in [2.75, 3.05) is 0 Å². The molecule has 3 heteroatoms. The summed E-state index contributed by atoms with van der Waals surface area (Å²) in [6.07, 6.45) is 11.5. The van der Waals surface area contributed by atoms with Crippen LogP contribution in [0.5, 0.6) is 0 Å². The number of aromatic nitrogens is 1. The number of hydrogen-bond donors (Lipinski definition) is 1. The second-order valence-electron chi connectivity index (χ2n) is 5.03. The first-order valence-electron chi connectivity index (χ1n) is 6.64. The number of halogens is 1. The highest BCUT2D eigenvalue weighted by molar-refractivity contribution is 5.17. The largest absolute Gasteiger partial charge is 0.324 e. The number of nitrogens with two attached hydrogens (primary N) is 1. The van der Waals surface area contributed by atoms with E-state index in [9.17, 15) is 4.39 Å². The zero-order valence-electron chi connectivity index (χ0n) is 10.2. The maximum Gasteiger partial charge on any atom is 0.146 e. The van der Waals surface area contributed by atoms with Crippen molar-refractivity contribution in [3.8, 4) is 0 Å². The Morgan fingerprint density at radius 1 is 1.18 bits per heavy atom. The summed E-state index contributed by atoms with van der Waals surface area (Å²) < 4.78 is 13.6. The van der Waals surface area contributed by atoms with Gasteiger partial charge in [-0.1, -0.05) is 32.1 Å². The molecule has 2 nitrogen and oxygen atoms in total. The van der Waals surface area contributed by atoms with Crippen LogP contribution in [-0.2, 0) is 0 Å². The van der Waals surface area contributed by atoms with Crippen LogP contribution in [0.2, 0.25) is 0 Å². The van der Waals surface area contributed by atoms with E-state index in [2.05, 4.69) is 4.98 Å². The molecular weight excluding hydrogens is 215 g/mol. The molecule has 2 N–H and O–H groups in total. The second-order valence-corrected chi connectivity index (χ2v) is 5.03. The molecule has 1 saturated carbocycles.